The van der Waals surface area contributed by atoms with Gasteiger partial charge in [0.1, 0.15) is 0 Å². The van der Waals surface area contributed by atoms with Crippen LogP contribution in [0.4, 0.5) is 0 Å². The largest absolute Gasteiger partial charge is 0.394 e. The molecule has 0 unspecified atom stereocenters. The number of morpholine rings is 1. The second-order valence-corrected chi connectivity index (χ2v) is 3.97. The second-order valence-electron chi connectivity index (χ2n) is 3.97. The average molecular weight is 203 g/mol. The molecule has 14 heavy (non-hydrogen) atoms. The molecule has 0 aliphatic carbocycles. The molecule has 2 rings (SSSR count). The molecule has 5 nitrogen and oxygen atoms in total. The van der Waals surface area contributed by atoms with Gasteiger partial charge in [0, 0.05) is 13.2 Å². The van der Waals surface area contributed by atoms with Crippen molar-refractivity contribution in [3.05, 3.63) is 0 Å². The first-order chi connectivity index (χ1) is 6.74. The molecule has 2 bridgehead atoms. The summed E-state index contributed by atoms with van der Waals surface area (Å²) in [5, 5.41) is 22.0. The fourth-order valence-electron chi connectivity index (χ4n) is 2.29. The first-order valence-electron chi connectivity index (χ1n) is 4.98. The van der Waals surface area contributed by atoms with Crippen molar-refractivity contribution in [3.8, 4) is 0 Å². The Kier molecular flexibility index (Phi) is 3.04. The van der Waals surface area contributed by atoms with E-state index in [1.54, 1.807) is 7.11 Å². The minimum atomic E-state index is -0.363. The monoisotopic (exact) mass is 203 g/mol. The minimum absolute atomic E-state index is 0.0385. The molecule has 3 N–H and O–H groups in total. The van der Waals surface area contributed by atoms with Crippen molar-refractivity contribution in [2.45, 2.75) is 43.4 Å². The number of hydrogen-bond acceptors (Lipinski definition) is 5. The van der Waals surface area contributed by atoms with Crippen LogP contribution in [-0.4, -0.2) is 54.5 Å². The Hall–Kier alpha value is -0.200. The van der Waals surface area contributed by atoms with Gasteiger partial charge in [-0.15, -0.1) is 0 Å². The van der Waals surface area contributed by atoms with Gasteiger partial charge in [-0.25, -0.2) is 0 Å². The van der Waals surface area contributed by atoms with Gasteiger partial charge < -0.3 is 25.0 Å². The van der Waals surface area contributed by atoms with Crippen LogP contribution in [0.1, 0.15) is 12.8 Å². The Morgan fingerprint density at radius 2 is 2.14 bits per heavy atom. The molecule has 0 saturated carbocycles. The van der Waals surface area contributed by atoms with Crippen molar-refractivity contribution in [1.29, 1.82) is 0 Å². The zero-order valence-corrected chi connectivity index (χ0v) is 8.22. The van der Waals surface area contributed by atoms with Crippen molar-refractivity contribution < 1.29 is 19.7 Å². The summed E-state index contributed by atoms with van der Waals surface area (Å²) < 4.78 is 10.7. The van der Waals surface area contributed by atoms with E-state index in [4.69, 9.17) is 14.6 Å². The number of ether oxygens (including phenoxy) is 2. The Bertz CT molecular complexity index is 183. The van der Waals surface area contributed by atoms with Crippen molar-refractivity contribution in [3.63, 3.8) is 0 Å². The van der Waals surface area contributed by atoms with Crippen LogP contribution in [0.5, 0.6) is 0 Å². The maximum Gasteiger partial charge on any atom is 0.173 e. The van der Waals surface area contributed by atoms with Crippen molar-refractivity contribution >= 4 is 0 Å². The third-order valence-electron chi connectivity index (χ3n) is 2.98. The number of rotatable bonds is 2. The highest BCUT2D eigenvalue weighted by atomic mass is 16.7. The van der Waals surface area contributed by atoms with Gasteiger partial charge in [0.15, 0.2) is 6.29 Å². The Balaban J connectivity index is 2.07. The topological polar surface area (TPSA) is 71.0 Å². The molecule has 0 aromatic carbocycles. The van der Waals surface area contributed by atoms with Crippen molar-refractivity contribution in [2.75, 3.05) is 13.7 Å². The molecule has 2 heterocycles. The maximum atomic E-state index is 9.61. The fourth-order valence-corrected chi connectivity index (χ4v) is 2.29. The molecular weight excluding hydrogens is 186 g/mol. The summed E-state index contributed by atoms with van der Waals surface area (Å²) in [4.78, 5) is 0. The lowest BCUT2D eigenvalue weighted by atomic mass is 9.90. The van der Waals surface area contributed by atoms with E-state index < -0.39 is 0 Å². The third-order valence-corrected chi connectivity index (χ3v) is 2.98. The van der Waals surface area contributed by atoms with Gasteiger partial charge in [-0.2, -0.15) is 0 Å². The number of aliphatic hydroxyl groups is 2. The Morgan fingerprint density at radius 3 is 2.79 bits per heavy atom. The van der Waals surface area contributed by atoms with E-state index in [2.05, 4.69) is 5.32 Å². The lowest BCUT2D eigenvalue weighted by Crippen LogP contribution is -2.64. The number of hydrogen-bond donors (Lipinski definition) is 3. The highest BCUT2D eigenvalue weighted by molar-refractivity contribution is 4.95. The average Bonchev–Trinajstić information content (AvgIpc) is 2.18. The van der Waals surface area contributed by atoms with Gasteiger partial charge in [-0.3, -0.25) is 0 Å². The SMILES string of the molecule is CO[C@@H]1O[C@@H](CO)[C@H]2C[C@@H](O)C[C@@H]1N2. The normalized spacial score (nSPS) is 47.8. The molecule has 82 valence electrons. The molecule has 2 fully saturated rings. The molecule has 0 aromatic heterocycles. The van der Waals surface area contributed by atoms with E-state index in [-0.39, 0.29) is 37.2 Å². The van der Waals surface area contributed by atoms with E-state index in [0.717, 1.165) is 0 Å². The van der Waals surface area contributed by atoms with E-state index in [1.165, 1.54) is 0 Å². The highest BCUT2D eigenvalue weighted by Crippen LogP contribution is 2.26. The van der Waals surface area contributed by atoms with Gasteiger partial charge in [-0.1, -0.05) is 0 Å². The van der Waals surface area contributed by atoms with Gasteiger partial charge in [-0.05, 0) is 12.8 Å². The summed E-state index contributed by atoms with van der Waals surface area (Å²) in [6.45, 7) is -0.0447. The zero-order valence-electron chi connectivity index (χ0n) is 8.22. The summed E-state index contributed by atoms with van der Waals surface area (Å²) >= 11 is 0. The van der Waals surface area contributed by atoms with Crippen LogP contribution < -0.4 is 5.32 Å². The van der Waals surface area contributed by atoms with Gasteiger partial charge >= 0.3 is 0 Å². The van der Waals surface area contributed by atoms with Crippen LogP contribution in [0.3, 0.4) is 0 Å². The molecule has 2 aliphatic rings. The fraction of sp³-hybridized carbons (Fsp3) is 1.00. The minimum Gasteiger partial charge on any atom is -0.394 e. The lowest BCUT2D eigenvalue weighted by Gasteiger charge is -2.46. The first kappa shape index (κ1) is 10.3. The molecule has 0 radical (unpaired) electrons. The summed E-state index contributed by atoms with van der Waals surface area (Å²) in [6.07, 6.45) is 0.331. The number of methoxy groups -OCH3 is 1. The lowest BCUT2D eigenvalue weighted by molar-refractivity contribution is -0.228. The van der Waals surface area contributed by atoms with Crippen LogP contribution in [-0.2, 0) is 9.47 Å². The molecule has 5 atom stereocenters. The van der Waals surface area contributed by atoms with E-state index >= 15 is 0 Å². The van der Waals surface area contributed by atoms with E-state index in [1.807, 2.05) is 0 Å². The molecule has 0 spiro atoms. The summed E-state index contributed by atoms with van der Waals surface area (Å²) in [5.74, 6) is 0. The number of nitrogens with one attached hydrogen (secondary N) is 1. The second kappa shape index (κ2) is 4.12. The molecule has 5 heteroatoms. The predicted molar refractivity (Wildman–Crippen MR) is 48.7 cm³/mol. The highest BCUT2D eigenvalue weighted by Gasteiger charge is 2.42. The molecule has 2 aliphatic heterocycles. The zero-order chi connectivity index (χ0) is 10.1. The molecular formula is C9H17NO4. The number of fused-ring (bicyclic) bond motifs is 2. The molecule has 0 amide bonds. The van der Waals surface area contributed by atoms with Crippen LogP contribution in [0.15, 0.2) is 0 Å². The van der Waals surface area contributed by atoms with Gasteiger partial charge in [0.2, 0.25) is 0 Å². The summed E-state index contributed by atoms with van der Waals surface area (Å²) in [6, 6.07) is 0.0803. The van der Waals surface area contributed by atoms with Crippen LogP contribution in [0.2, 0.25) is 0 Å². The van der Waals surface area contributed by atoms with Crippen LogP contribution >= 0.6 is 0 Å². The standard InChI is InChI=1S/C9H17NO4/c1-13-9-7-3-5(12)2-6(10-7)8(4-11)14-9/h5-12H,2-4H2,1H3/t5-,6-,7+,8+,9-/m1/s1. The smallest absolute Gasteiger partial charge is 0.173 e. The van der Waals surface area contributed by atoms with Gasteiger partial charge in [0.25, 0.3) is 0 Å². The van der Waals surface area contributed by atoms with E-state index in [0.29, 0.717) is 12.8 Å². The molecule has 0 aromatic rings. The van der Waals surface area contributed by atoms with Crippen molar-refractivity contribution in [1.82, 2.24) is 5.32 Å². The third kappa shape index (κ3) is 1.78. The first-order valence-corrected chi connectivity index (χ1v) is 4.98. The summed E-state index contributed by atoms with van der Waals surface area (Å²) in [7, 11) is 1.57. The van der Waals surface area contributed by atoms with Crippen molar-refractivity contribution in [2.24, 2.45) is 0 Å². The van der Waals surface area contributed by atoms with Crippen LogP contribution in [0, 0.1) is 0 Å². The van der Waals surface area contributed by atoms with Gasteiger partial charge in [0.05, 0.1) is 24.9 Å². The maximum absolute atomic E-state index is 9.61. The predicted octanol–water partition coefficient (Wildman–Crippen LogP) is -1.17. The Labute approximate surface area is 83.0 Å². The van der Waals surface area contributed by atoms with E-state index in [9.17, 15) is 5.11 Å². The quantitative estimate of drug-likeness (QED) is 0.527. The number of aliphatic hydroxyl groups excluding tert-OH is 2. The summed E-state index contributed by atoms with van der Waals surface area (Å²) in [5.41, 5.74) is 0. The molecule has 2 saturated heterocycles. The Morgan fingerprint density at radius 1 is 1.43 bits per heavy atom. The number of piperidine rings is 1. The van der Waals surface area contributed by atoms with Crippen LogP contribution in [0.25, 0.3) is 0 Å².